The summed E-state index contributed by atoms with van der Waals surface area (Å²) < 4.78 is 16.0. The molecular weight excluding hydrogens is 298 g/mol. The first-order chi connectivity index (χ1) is 11.1. The van der Waals surface area contributed by atoms with Crippen molar-refractivity contribution in [2.45, 2.75) is 36.6 Å². The maximum Gasteiger partial charge on any atom is 0.231 e. The van der Waals surface area contributed by atoms with Gasteiger partial charge in [0.2, 0.25) is 6.79 Å². The van der Waals surface area contributed by atoms with Gasteiger partial charge in [0, 0.05) is 19.1 Å². The van der Waals surface area contributed by atoms with Crippen LogP contribution in [0.25, 0.3) is 0 Å². The molecule has 6 heteroatoms. The van der Waals surface area contributed by atoms with Crippen LogP contribution in [-0.4, -0.2) is 48.5 Å². The number of aliphatic hydroxyl groups excluding tert-OH is 1. The van der Waals surface area contributed by atoms with Crippen LogP contribution in [-0.2, 0) is 16.7 Å². The minimum absolute atomic E-state index is 0.0690. The minimum Gasteiger partial charge on any atom is -0.632 e. The fourth-order valence-electron chi connectivity index (χ4n) is 4.96. The van der Waals surface area contributed by atoms with E-state index in [-0.39, 0.29) is 25.5 Å². The maximum absolute atomic E-state index is 13.4. The van der Waals surface area contributed by atoms with Gasteiger partial charge in [-0.3, -0.25) is 0 Å². The first-order valence-electron chi connectivity index (χ1n) is 7.98. The largest absolute Gasteiger partial charge is 0.632 e. The van der Waals surface area contributed by atoms with Gasteiger partial charge in [-0.05, 0) is 17.7 Å². The highest BCUT2D eigenvalue weighted by molar-refractivity contribution is 5.55. The van der Waals surface area contributed by atoms with Crippen LogP contribution in [0.4, 0.5) is 0 Å². The van der Waals surface area contributed by atoms with Crippen molar-refractivity contribution in [3.8, 4) is 11.5 Å². The molecule has 1 N–H and O–H groups in total. The normalized spacial score (nSPS) is 42.5. The van der Waals surface area contributed by atoms with Crippen molar-refractivity contribution in [1.82, 2.24) is 0 Å². The Labute approximate surface area is 134 Å². The summed E-state index contributed by atoms with van der Waals surface area (Å²) in [5, 5.41) is 24.3. The lowest BCUT2D eigenvalue weighted by atomic mass is 9.65. The van der Waals surface area contributed by atoms with Gasteiger partial charge in [0.1, 0.15) is 25.2 Å². The number of fused-ring (bicyclic) bond motifs is 2. The van der Waals surface area contributed by atoms with E-state index in [1.165, 1.54) is 0 Å². The molecule has 0 unspecified atom stereocenters. The molecule has 1 aromatic carbocycles. The van der Waals surface area contributed by atoms with E-state index in [0.29, 0.717) is 24.5 Å². The van der Waals surface area contributed by atoms with Gasteiger partial charge in [-0.15, -0.1) is 0 Å². The molecule has 3 heterocycles. The van der Waals surface area contributed by atoms with E-state index in [9.17, 15) is 10.3 Å². The molecule has 23 heavy (non-hydrogen) atoms. The van der Waals surface area contributed by atoms with Crippen LogP contribution in [0.2, 0.25) is 0 Å². The second kappa shape index (κ2) is 4.27. The number of nitrogens with zero attached hydrogens (tertiary/aromatic N) is 1. The Morgan fingerprint density at radius 1 is 1.35 bits per heavy atom. The van der Waals surface area contributed by atoms with Crippen LogP contribution < -0.4 is 9.47 Å². The third-order valence-corrected chi connectivity index (χ3v) is 6.00. The van der Waals surface area contributed by atoms with Crippen LogP contribution in [0.1, 0.15) is 17.5 Å². The van der Waals surface area contributed by atoms with Crippen LogP contribution in [0.15, 0.2) is 24.3 Å². The summed E-state index contributed by atoms with van der Waals surface area (Å²) in [6, 6.07) is 3.65. The molecule has 6 nitrogen and oxygen atoms in total. The lowest BCUT2D eigenvalue weighted by molar-refractivity contribution is -0.911. The van der Waals surface area contributed by atoms with Crippen molar-refractivity contribution in [1.29, 1.82) is 0 Å². The Bertz CT molecular complexity index is 719. The van der Waals surface area contributed by atoms with Gasteiger partial charge >= 0.3 is 0 Å². The van der Waals surface area contributed by atoms with Crippen LogP contribution in [0, 0.1) is 5.21 Å². The molecule has 0 saturated carbocycles. The number of quaternary nitrogens is 1. The second-order valence-corrected chi connectivity index (χ2v) is 6.99. The molecule has 4 aliphatic rings. The molecule has 5 rings (SSSR count). The average Bonchev–Trinajstić information content (AvgIpc) is 3.05. The molecular formula is C17H19NO5. The molecule has 0 spiro atoms. The minimum atomic E-state index is -0.694. The molecule has 2 bridgehead atoms. The van der Waals surface area contributed by atoms with E-state index in [2.05, 4.69) is 0 Å². The maximum atomic E-state index is 13.4. The van der Waals surface area contributed by atoms with Crippen molar-refractivity contribution in [3.05, 3.63) is 40.6 Å². The molecule has 0 aromatic heterocycles. The van der Waals surface area contributed by atoms with E-state index < -0.39 is 16.2 Å². The van der Waals surface area contributed by atoms with Crippen molar-refractivity contribution in [2.75, 3.05) is 20.4 Å². The van der Waals surface area contributed by atoms with E-state index in [1.54, 1.807) is 7.11 Å². The quantitative estimate of drug-likeness (QED) is 0.479. The monoisotopic (exact) mass is 317 g/mol. The highest BCUT2D eigenvalue weighted by Crippen LogP contribution is 2.56. The number of benzene rings is 1. The number of hydroxylamine groups is 3. The zero-order valence-electron chi connectivity index (χ0n) is 12.9. The number of hydrogen-bond acceptors (Lipinski definition) is 5. The first kappa shape index (κ1) is 13.8. The summed E-state index contributed by atoms with van der Waals surface area (Å²) in [6.45, 7) is 0.780. The summed E-state index contributed by atoms with van der Waals surface area (Å²) >= 11 is 0. The van der Waals surface area contributed by atoms with Crippen molar-refractivity contribution >= 4 is 0 Å². The second-order valence-electron chi connectivity index (χ2n) is 6.99. The fourth-order valence-corrected chi connectivity index (χ4v) is 4.96. The topological polar surface area (TPSA) is 71.0 Å². The van der Waals surface area contributed by atoms with Gasteiger partial charge < -0.3 is 29.2 Å². The lowest BCUT2D eigenvalue weighted by Crippen LogP contribution is -2.58. The molecule has 0 radical (unpaired) electrons. The number of methoxy groups -OCH3 is 1. The highest BCUT2D eigenvalue weighted by Gasteiger charge is 2.64. The van der Waals surface area contributed by atoms with Gasteiger partial charge in [-0.1, -0.05) is 12.2 Å². The number of aliphatic hydroxyl groups is 1. The molecule has 1 saturated heterocycles. The SMILES string of the molecule is CO[C@H]1C=C[C@@]23c4cc5c(cc4C[N@@+]([O-])(C[C@@H]2O)[C@H]3C1)OCO5. The molecule has 0 amide bonds. The lowest BCUT2D eigenvalue weighted by Gasteiger charge is -2.53. The predicted molar refractivity (Wildman–Crippen MR) is 80.8 cm³/mol. The van der Waals surface area contributed by atoms with Crippen molar-refractivity contribution in [2.24, 2.45) is 0 Å². The zero-order chi connectivity index (χ0) is 15.8. The summed E-state index contributed by atoms with van der Waals surface area (Å²) in [5.41, 5.74) is 1.32. The molecule has 122 valence electrons. The molecule has 1 aromatic rings. The Balaban J connectivity index is 1.75. The Kier molecular flexibility index (Phi) is 2.56. The van der Waals surface area contributed by atoms with Gasteiger partial charge in [0.05, 0.1) is 11.5 Å². The molecule has 1 aliphatic carbocycles. The van der Waals surface area contributed by atoms with Crippen molar-refractivity contribution < 1.29 is 24.0 Å². The fraction of sp³-hybridized carbons (Fsp3) is 0.529. The van der Waals surface area contributed by atoms with E-state index in [0.717, 1.165) is 11.1 Å². The molecule has 5 atom stereocenters. The zero-order valence-corrected chi connectivity index (χ0v) is 12.9. The predicted octanol–water partition coefficient (Wildman–Crippen LogP) is 1.20. The highest BCUT2D eigenvalue weighted by atomic mass is 16.7. The van der Waals surface area contributed by atoms with Crippen LogP contribution in [0.3, 0.4) is 0 Å². The Morgan fingerprint density at radius 3 is 2.91 bits per heavy atom. The van der Waals surface area contributed by atoms with Crippen LogP contribution >= 0.6 is 0 Å². The Morgan fingerprint density at radius 2 is 2.13 bits per heavy atom. The van der Waals surface area contributed by atoms with Gasteiger partial charge in [0.15, 0.2) is 11.5 Å². The average molecular weight is 317 g/mol. The molecule has 3 aliphatic heterocycles. The Hall–Kier alpha value is -1.60. The number of rotatable bonds is 1. The van der Waals surface area contributed by atoms with Crippen LogP contribution in [0.5, 0.6) is 11.5 Å². The summed E-state index contributed by atoms with van der Waals surface area (Å²) in [7, 11) is 1.66. The van der Waals surface area contributed by atoms with Gasteiger partial charge in [-0.25, -0.2) is 0 Å². The van der Waals surface area contributed by atoms with E-state index in [1.807, 2.05) is 24.3 Å². The third kappa shape index (κ3) is 1.57. The number of hydrogen-bond donors (Lipinski definition) is 1. The van der Waals surface area contributed by atoms with E-state index in [4.69, 9.17) is 14.2 Å². The third-order valence-electron chi connectivity index (χ3n) is 6.00. The number of ether oxygens (including phenoxy) is 3. The van der Waals surface area contributed by atoms with E-state index >= 15 is 0 Å². The van der Waals surface area contributed by atoms with Crippen molar-refractivity contribution in [3.63, 3.8) is 0 Å². The summed E-state index contributed by atoms with van der Waals surface area (Å²) in [6.07, 6.45) is 3.84. The van der Waals surface area contributed by atoms with Gasteiger partial charge in [-0.2, -0.15) is 0 Å². The van der Waals surface area contributed by atoms with Gasteiger partial charge in [0.25, 0.3) is 0 Å². The first-order valence-corrected chi connectivity index (χ1v) is 7.98. The molecule has 1 fully saturated rings. The standard InChI is InChI=1S/C17H19NO5/c1-21-11-2-3-17-12-6-14-13(22-9-23-14)4-10(12)7-18(20,8-16(17)19)15(17)5-11/h2-4,6,11,15-16,19H,5,7-9H2,1H3/t11-,15-,16-,17-,18+/m0/s1. The smallest absolute Gasteiger partial charge is 0.231 e. The summed E-state index contributed by atoms with van der Waals surface area (Å²) in [5.74, 6) is 1.39. The summed E-state index contributed by atoms with van der Waals surface area (Å²) in [4.78, 5) is 0.